The van der Waals surface area contributed by atoms with Crippen molar-refractivity contribution in [2.75, 3.05) is 6.61 Å². The summed E-state index contributed by atoms with van der Waals surface area (Å²) in [5, 5.41) is 17.5. The first-order valence-corrected chi connectivity index (χ1v) is 8.06. The second-order valence-electron chi connectivity index (χ2n) is 5.72. The van der Waals surface area contributed by atoms with Crippen molar-refractivity contribution in [3.05, 3.63) is 35.4 Å². The molecular formula is C17H23N3O4. The standard InChI is InChI=1S/C17H23N3O4/c1-3-24-17(23)20(11-13-9-7-12(2)8-10-13)19-15-6-4-5-14(18-15)16(21)22/h7-10,14H,3-6,11H2,1-2H3,(H,18,19)(H,21,22). The van der Waals surface area contributed by atoms with E-state index in [2.05, 4.69) is 10.4 Å². The number of nitrogens with one attached hydrogen (secondary N) is 1. The van der Waals surface area contributed by atoms with Gasteiger partial charge in [0.25, 0.3) is 0 Å². The van der Waals surface area contributed by atoms with Crippen molar-refractivity contribution in [1.29, 1.82) is 0 Å². The number of carboxylic acid groups (broad SMARTS) is 1. The quantitative estimate of drug-likeness (QED) is 0.808. The first-order chi connectivity index (χ1) is 11.5. The number of rotatable bonds is 5. The Bertz CT molecular complexity index is 613. The van der Waals surface area contributed by atoms with Crippen LogP contribution in [0, 0.1) is 6.92 Å². The second-order valence-corrected chi connectivity index (χ2v) is 5.72. The number of aliphatic carboxylic acids is 1. The number of hydrazone groups is 1. The van der Waals surface area contributed by atoms with Gasteiger partial charge in [0.15, 0.2) is 0 Å². The minimum absolute atomic E-state index is 0.249. The average Bonchev–Trinajstić information content (AvgIpc) is 2.56. The van der Waals surface area contributed by atoms with Crippen LogP contribution in [0.5, 0.6) is 0 Å². The van der Waals surface area contributed by atoms with Gasteiger partial charge in [0.05, 0.1) is 13.2 Å². The van der Waals surface area contributed by atoms with E-state index in [-0.39, 0.29) is 13.2 Å². The molecule has 1 amide bonds. The topological polar surface area (TPSA) is 91.2 Å². The lowest BCUT2D eigenvalue weighted by Gasteiger charge is -2.25. The van der Waals surface area contributed by atoms with Gasteiger partial charge >= 0.3 is 12.1 Å². The fourth-order valence-corrected chi connectivity index (χ4v) is 2.43. The van der Waals surface area contributed by atoms with Crippen LogP contribution < -0.4 is 5.32 Å². The fourth-order valence-electron chi connectivity index (χ4n) is 2.43. The average molecular weight is 333 g/mol. The van der Waals surface area contributed by atoms with Gasteiger partial charge in [-0.15, -0.1) is 0 Å². The zero-order valence-electron chi connectivity index (χ0n) is 14.0. The number of amidine groups is 1. The van der Waals surface area contributed by atoms with Gasteiger partial charge in [0.1, 0.15) is 11.9 Å². The summed E-state index contributed by atoms with van der Waals surface area (Å²) in [5.41, 5.74) is 2.05. The van der Waals surface area contributed by atoms with Crippen LogP contribution in [0.15, 0.2) is 29.4 Å². The molecule has 130 valence electrons. The number of ether oxygens (including phenoxy) is 1. The molecule has 0 aliphatic carbocycles. The van der Waals surface area contributed by atoms with Crippen LogP contribution in [0.4, 0.5) is 4.79 Å². The maximum atomic E-state index is 12.2. The Balaban J connectivity index is 2.16. The summed E-state index contributed by atoms with van der Waals surface area (Å²) in [6, 6.07) is 7.11. The van der Waals surface area contributed by atoms with Crippen LogP contribution >= 0.6 is 0 Å². The Hall–Kier alpha value is -2.57. The highest BCUT2D eigenvalue weighted by molar-refractivity contribution is 5.89. The van der Waals surface area contributed by atoms with E-state index in [1.807, 2.05) is 31.2 Å². The molecule has 1 aliphatic heterocycles. The predicted octanol–water partition coefficient (Wildman–Crippen LogP) is 2.49. The second kappa shape index (κ2) is 8.33. The molecule has 24 heavy (non-hydrogen) atoms. The lowest BCUT2D eigenvalue weighted by atomic mass is 10.0. The lowest BCUT2D eigenvalue weighted by molar-refractivity contribution is -0.139. The molecule has 0 radical (unpaired) electrons. The number of hydrogen-bond donors (Lipinski definition) is 2. The Kier molecular flexibility index (Phi) is 6.17. The van der Waals surface area contributed by atoms with E-state index in [0.29, 0.717) is 25.1 Å². The van der Waals surface area contributed by atoms with Crippen molar-refractivity contribution in [3.63, 3.8) is 0 Å². The van der Waals surface area contributed by atoms with E-state index >= 15 is 0 Å². The molecule has 1 unspecified atom stereocenters. The van der Waals surface area contributed by atoms with Crippen molar-refractivity contribution in [1.82, 2.24) is 10.3 Å². The Labute approximate surface area is 141 Å². The van der Waals surface area contributed by atoms with Gasteiger partial charge in [-0.3, -0.25) is 0 Å². The van der Waals surface area contributed by atoms with Crippen LogP contribution in [-0.2, 0) is 16.1 Å². The minimum Gasteiger partial charge on any atom is -0.480 e. The van der Waals surface area contributed by atoms with E-state index in [0.717, 1.165) is 11.1 Å². The summed E-state index contributed by atoms with van der Waals surface area (Å²) in [6.07, 6.45) is 1.31. The summed E-state index contributed by atoms with van der Waals surface area (Å²) in [4.78, 5) is 23.3. The zero-order chi connectivity index (χ0) is 17.5. The van der Waals surface area contributed by atoms with Gasteiger partial charge in [-0.05, 0) is 32.3 Å². The Morgan fingerprint density at radius 2 is 2.08 bits per heavy atom. The molecule has 1 aliphatic rings. The lowest BCUT2D eigenvalue weighted by Crippen LogP contribution is -2.45. The van der Waals surface area contributed by atoms with Gasteiger partial charge in [-0.2, -0.15) is 10.1 Å². The van der Waals surface area contributed by atoms with Crippen molar-refractivity contribution >= 4 is 17.9 Å². The van der Waals surface area contributed by atoms with E-state index in [1.165, 1.54) is 5.01 Å². The van der Waals surface area contributed by atoms with E-state index in [1.54, 1.807) is 6.92 Å². The predicted molar refractivity (Wildman–Crippen MR) is 89.6 cm³/mol. The van der Waals surface area contributed by atoms with Crippen LogP contribution in [0.25, 0.3) is 0 Å². The highest BCUT2D eigenvalue weighted by Gasteiger charge is 2.24. The molecule has 0 spiro atoms. The van der Waals surface area contributed by atoms with Crippen LogP contribution in [-0.4, -0.2) is 40.7 Å². The Morgan fingerprint density at radius 1 is 1.38 bits per heavy atom. The smallest absolute Gasteiger partial charge is 0.430 e. The molecular weight excluding hydrogens is 310 g/mol. The molecule has 0 saturated carbocycles. The van der Waals surface area contributed by atoms with E-state index < -0.39 is 18.1 Å². The highest BCUT2D eigenvalue weighted by Crippen LogP contribution is 2.13. The molecule has 0 aromatic heterocycles. The molecule has 7 nitrogen and oxygen atoms in total. The van der Waals surface area contributed by atoms with Crippen LogP contribution in [0.1, 0.15) is 37.3 Å². The maximum Gasteiger partial charge on any atom is 0.430 e. The van der Waals surface area contributed by atoms with Crippen LogP contribution in [0.3, 0.4) is 0 Å². The minimum atomic E-state index is -0.913. The molecule has 1 aromatic rings. The van der Waals surface area contributed by atoms with E-state index in [9.17, 15) is 9.59 Å². The third-order valence-electron chi connectivity index (χ3n) is 3.72. The summed E-state index contributed by atoms with van der Waals surface area (Å²) >= 11 is 0. The van der Waals surface area contributed by atoms with Gasteiger partial charge in [0.2, 0.25) is 0 Å². The number of nitrogens with zero attached hydrogens (tertiary/aromatic N) is 2. The van der Waals surface area contributed by atoms with Crippen molar-refractivity contribution in [3.8, 4) is 0 Å². The first kappa shape index (κ1) is 17.8. The third-order valence-corrected chi connectivity index (χ3v) is 3.72. The molecule has 0 bridgehead atoms. The van der Waals surface area contributed by atoms with Gasteiger partial charge in [-0.1, -0.05) is 29.8 Å². The zero-order valence-corrected chi connectivity index (χ0v) is 14.0. The van der Waals surface area contributed by atoms with Gasteiger partial charge in [0, 0.05) is 6.42 Å². The molecule has 1 fully saturated rings. The largest absolute Gasteiger partial charge is 0.480 e. The number of amides is 1. The maximum absolute atomic E-state index is 12.2. The number of hydrogen-bond acceptors (Lipinski definition) is 4. The number of piperidine rings is 1. The molecule has 2 N–H and O–H groups in total. The monoisotopic (exact) mass is 333 g/mol. The third kappa shape index (κ3) is 4.97. The summed E-state index contributed by atoms with van der Waals surface area (Å²) < 4.78 is 5.05. The molecule has 7 heteroatoms. The van der Waals surface area contributed by atoms with Crippen molar-refractivity contribution in [2.24, 2.45) is 5.10 Å². The summed E-state index contributed by atoms with van der Waals surface area (Å²) in [6.45, 7) is 4.24. The van der Waals surface area contributed by atoms with Crippen molar-refractivity contribution in [2.45, 2.75) is 45.7 Å². The number of benzene rings is 1. The number of carbonyl (C=O) groups excluding carboxylic acids is 1. The SMILES string of the molecule is CCOC(=O)N(Cc1ccc(C)cc1)/N=C1/CCCC(C(=O)O)N1. The molecule has 1 heterocycles. The van der Waals surface area contributed by atoms with Crippen LogP contribution in [0.2, 0.25) is 0 Å². The highest BCUT2D eigenvalue weighted by atomic mass is 16.6. The summed E-state index contributed by atoms with van der Waals surface area (Å²) in [7, 11) is 0. The normalized spacial score (nSPS) is 18.8. The van der Waals surface area contributed by atoms with E-state index in [4.69, 9.17) is 9.84 Å². The molecule has 1 saturated heterocycles. The summed E-state index contributed by atoms with van der Waals surface area (Å²) in [5.74, 6) is -0.419. The molecule has 1 atom stereocenters. The number of carboxylic acids is 1. The van der Waals surface area contributed by atoms with Crippen molar-refractivity contribution < 1.29 is 19.4 Å². The molecule has 1 aromatic carbocycles. The van der Waals surface area contributed by atoms with Gasteiger partial charge < -0.3 is 15.2 Å². The molecule has 2 rings (SSSR count). The van der Waals surface area contributed by atoms with Gasteiger partial charge in [-0.25, -0.2) is 9.59 Å². The first-order valence-electron chi connectivity index (χ1n) is 8.06. The fraction of sp³-hybridized carbons (Fsp3) is 0.471. The Morgan fingerprint density at radius 3 is 2.71 bits per heavy atom. The number of aryl methyl sites for hydroxylation is 1. The number of carbonyl (C=O) groups is 2.